The Kier molecular flexibility index (Phi) is 6.19. The molecule has 0 fully saturated rings. The molecule has 0 aromatic heterocycles. The van der Waals surface area contributed by atoms with E-state index in [1.165, 1.54) is 32.4 Å². The van der Waals surface area contributed by atoms with Crippen LogP contribution in [0.15, 0.2) is 48.6 Å². The molecule has 0 saturated carbocycles. The van der Waals surface area contributed by atoms with Crippen molar-refractivity contribution in [2.75, 3.05) is 14.2 Å². The van der Waals surface area contributed by atoms with E-state index in [4.69, 9.17) is 21.1 Å². The lowest BCUT2D eigenvalue weighted by molar-refractivity contribution is -0.130. The summed E-state index contributed by atoms with van der Waals surface area (Å²) in [5, 5.41) is 9.84. The van der Waals surface area contributed by atoms with Crippen LogP contribution in [0.2, 0.25) is 5.02 Å². The van der Waals surface area contributed by atoms with E-state index in [1.807, 2.05) is 0 Å². The Hall–Kier alpha value is -2.79. The second kappa shape index (κ2) is 8.35. The van der Waals surface area contributed by atoms with E-state index in [-0.39, 0.29) is 11.3 Å². The Morgan fingerprint density at radius 1 is 1.16 bits per heavy atom. The Balaban J connectivity index is 2.37. The lowest BCUT2D eigenvalue weighted by Crippen LogP contribution is -2.00. The number of benzene rings is 2. The number of allylic oxidation sites excluding steroid dienone is 2. The van der Waals surface area contributed by atoms with Crippen LogP contribution < -0.4 is 9.47 Å². The van der Waals surface area contributed by atoms with E-state index in [2.05, 4.69) is 0 Å². The zero-order valence-corrected chi connectivity index (χ0v) is 14.4. The lowest BCUT2D eigenvalue weighted by Gasteiger charge is -2.06. The maximum Gasteiger partial charge on any atom is 0.336 e. The predicted molar refractivity (Wildman–Crippen MR) is 95.6 cm³/mol. The van der Waals surface area contributed by atoms with Gasteiger partial charge in [0, 0.05) is 0 Å². The van der Waals surface area contributed by atoms with Crippen molar-refractivity contribution in [2.45, 2.75) is 0 Å². The smallest absolute Gasteiger partial charge is 0.336 e. The summed E-state index contributed by atoms with van der Waals surface area (Å²) in [6.07, 6.45) is 4.62. The highest BCUT2D eigenvalue weighted by Gasteiger charge is 2.12. The number of ether oxygens (including phenoxy) is 2. The minimum atomic E-state index is -1.14. The molecule has 0 heterocycles. The van der Waals surface area contributed by atoms with Gasteiger partial charge in [-0.1, -0.05) is 42.0 Å². The van der Waals surface area contributed by atoms with E-state index in [0.29, 0.717) is 21.9 Å². The molecule has 0 unspecified atom stereocenters. The van der Waals surface area contributed by atoms with E-state index >= 15 is 0 Å². The van der Waals surface area contributed by atoms with Crippen LogP contribution in [-0.4, -0.2) is 25.3 Å². The van der Waals surface area contributed by atoms with Crippen molar-refractivity contribution in [1.82, 2.24) is 0 Å². The second-order valence-electron chi connectivity index (χ2n) is 4.96. The monoisotopic (exact) mass is 362 g/mol. The van der Waals surface area contributed by atoms with E-state index in [0.717, 1.165) is 6.07 Å². The number of aliphatic carboxylic acids is 1. The normalized spacial score (nSPS) is 11.6. The summed E-state index contributed by atoms with van der Waals surface area (Å²) in [5.74, 6) is -1.20. The van der Waals surface area contributed by atoms with Crippen molar-refractivity contribution in [3.8, 4) is 11.5 Å². The third-order valence-electron chi connectivity index (χ3n) is 3.44. The number of rotatable bonds is 6. The quantitative estimate of drug-likeness (QED) is 0.599. The fourth-order valence-electron chi connectivity index (χ4n) is 2.18. The highest BCUT2D eigenvalue weighted by atomic mass is 35.5. The highest BCUT2D eigenvalue weighted by molar-refractivity contribution is 6.33. The zero-order valence-electron chi connectivity index (χ0n) is 13.6. The first-order chi connectivity index (χ1) is 12.0. The zero-order chi connectivity index (χ0) is 18.4. The van der Waals surface area contributed by atoms with Gasteiger partial charge in [0.1, 0.15) is 5.75 Å². The molecule has 1 N–H and O–H groups in total. The van der Waals surface area contributed by atoms with Gasteiger partial charge in [-0.25, -0.2) is 9.18 Å². The SMILES string of the molecule is COc1cc(C(=CC=Cc2cccc(OC)c2Cl)C(=O)O)ccc1F. The minimum absolute atomic E-state index is 0.00596. The van der Waals surface area contributed by atoms with Gasteiger partial charge in [0.15, 0.2) is 11.6 Å². The number of hydrogen-bond donors (Lipinski definition) is 1. The topological polar surface area (TPSA) is 55.8 Å². The van der Waals surface area contributed by atoms with Crippen LogP contribution in [0.25, 0.3) is 11.6 Å². The van der Waals surface area contributed by atoms with Crippen molar-refractivity contribution < 1.29 is 23.8 Å². The van der Waals surface area contributed by atoms with Gasteiger partial charge < -0.3 is 14.6 Å². The van der Waals surface area contributed by atoms with Gasteiger partial charge in [0.25, 0.3) is 0 Å². The van der Waals surface area contributed by atoms with Crippen LogP contribution >= 0.6 is 11.6 Å². The van der Waals surface area contributed by atoms with Crippen molar-refractivity contribution in [3.05, 3.63) is 70.5 Å². The van der Waals surface area contributed by atoms with Crippen LogP contribution in [0.5, 0.6) is 11.5 Å². The van der Waals surface area contributed by atoms with Gasteiger partial charge in [-0.2, -0.15) is 0 Å². The van der Waals surface area contributed by atoms with Gasteiger partial charge >= 0.3 is 5.97 Å². The highest BCUT2D eigenvalue weighted by Crippen LogP contribution is 2.29. The predicted octanol–water partition coefficient (Wildman–Crippen LogP) is 4.68. The average molecular weight is 363 g/mol. The molecule has 0 aliphatic carbocycles. The lowest BCUT2D eigenvalue weighted by atomic mass is 10.0. The number of carboxylic acid groups (broad SMARTS) is 1. The molecule has 0 bridgehead atoms. The van der Waals surface area contributed by atoms with Crippen molar-refractivity contribution in [2.24, 2.45) is 0 Å². The Bertz CT molecular complexity index is 843. The third kappa shape index (κ3) is 4.39. The van der Waals surface area contributed by atoms with Crippen LogP contribution in [0.1, 0.15) is 11.1 Å². The molecule has 4 nitrogen and oxygen atoms in total. The molecule has 0 spiro atoms. The fourth-order valence-corrected chi connectivity index (χ4v) is 2.45. The molecule has 2 rings (SSSR count). The second-order valence-corrected chi connectivity index (χ2v) is 5.34. The molecular formula is C19H16ClFO4. The molecule has 2 aromatic rings. The first-order valence-electron chi connectivity index (χ1n) is 7.26. The van der Waals surface area contributed by atoms with Gasteiger partial charge in [0.2, 0.25) is 0 Å². The largest absolute Gasteiger partial charge is 0.495 e. The van der Waals surface area contributed by atoms with Crippen LogP contribution in [0, 0.1) is 5.82 Å². The summed E-state index contributed by atoms with van der Waals surface area (Å²) in [6, 6.07) is 9.15. The molecular weight excluding hydrogens is 347 g/mol. The summed E-state index contributed by atoms with van der Waals surface area (Å²) in [7, 11) is 2.83. The molecule has 0 aliphatic heterocycles. The Morgan fingerprint density at radius 3 is 2.52 bits per heavy atom. The maximum atomic E-state index is 13.5. The molecule has 0 radical (unpaired) electrons. The van der Waals surface area contributed by atoms with Gasteiger partial charge in [-0.3, -0.25) is 0 Å². The fraction of sp³-hybridized carbons (Fsp3) is 0.105. The number of carboxylic acids is 1. The van der Waals surface area contributed by atoms with Crippen LogP contribution in [-0.2, 0) is 4.79 Å². The summed E-state index contributed by atoms with van der Waals surface area (Å²) < 4.78 is 23.5. The Morgan fingerprint density at radius 2 is 1.88 bits per heavy atom. The van der Waals surface area contributed by atoms with Gasteiger partial charge in [-0.15, -0.1) is 0 Å². The summed E-state index contributed by atoms with van der Waals surface area (Å²) in [4.78, 5) is 11.5. The maximum absolute atomic E-state index is 13.5. The number of hydrogen-bond acceptors (Lipinski definition) is 3. The third-order valence-corrected chi connectivity index (χ3v) is 3.85. The first-order valence-corrected chi connectivity index (χ1v) is 7.63. The van der Waals surface area contributed by atoms with Gasteiger partial charge in [0.05, 0.1) is 24.8 Å². The molecule has 2 aromatic carbocycles. The van der Waals surface area contributed by atoms with E-state index < -0.39 is 11.8 Å². The molecule has 0 saturated heterocycles. The van der Waals surface area contributed by atoms with Crippen LogP contribution in [0.3, 0.4) is 0 Å². The molecule has 0 atom stereocenters. The molecule has 0 amide bonds. The van der Waals surface area contributed by atoms with Gasteiger partial charge in [-0.05, 0) is 35.4 Å². The number of methoxy groups -OCH3 is 2. The Labute approximate surface area is 149 Å². The molecule has 130 valence electrons. The van der Waals surface area contributed by atoms with Crippen molar-refractivity contribution in [1.29, 1.82) is 0 Å². The number of halogens is 2. The first kappa shape index (κ1) is 18.5. The van der Waals surface area contributed by atoms with E-state index in [1.54, 1.807) is 30.4 Å². The minimum Gasteiger partial charge on any atom is -0.495 e. The standard InChI is InChI=1S/C19H16ClFO4/c1-24-16-8-4-6-12(18(16)20)5-3-7-14(19(22)23)13-9-10-15(21)17(11-13)25-2/h3-11H,1-2H3,(H,22,23). The summed E-state index contributed by atoms with van der Waals surface area (Å²) in [5.41, 5.74) is 0.999. The summed E-state index contributed by atoms with van der Waals surface area (Å²) in [6.45, 7) is 0. The van der Waals surface area contributed by atoms with Crippen LogP contribution in [0.4, 0.5) is 4.39 Å². The summed E-state index contributed by atoms with van der Waals surface area (Å²) >= 11 is 6.19. The van der Waals surface area contributed by atoms with Crippen molar-refractivity contribution >= 4 is 29.2 Å². The molecule has 6 heteroatoms. The molecule has 0 aliphatic rings. The average Bonchev–Trinajstić information content (AvgIpc) is 2.60. The molecule has 25 heavy (non-hydrogen) atoms. The van der Waals surface area contributed by atoms with Crippen molar-refractivity contribution in [3.63, 3.8) is 0 Å². The van der Waals surface area contributed by atoms with E-state index in [9.17, 15) is 14.3 Å². The number of carbonyl (C=O) groups is 1.